The highest BCUT2D eigenvalue weighted by atomic mass is 16.6. The molecule has 0 radical (unpaired) electrons. The molecular formula is C9H12N6O3. The summed E-state index contributed by atoms with van der Waals surface area (Å²) < 4.78 is 0. The van der Waals surface area contributed by atoms with Crippen LogP contribution in [0.15, 0.2) is 6.20 Å². The maximum Gasteiger partial charge on any atom is 0.329 e. The molecule has 9 nitrogen and oxygen atoms in total. The smallest absolute Gasteiger partial charge is 0.329 e. The molecule has 1 aromatic heterocycles. The summed E-state index contributed by atoms with van der Waals surface area (Å²) in [5.41, 5.74) is 10.4. The molecule has 1 amide bonds. The first-order valence-corrected chi connectivity index (χ1v) is 5.30. The van der Waals surface area contributed by atoms with Crippen LogP contribution in [-0.2, 0) is 4.79 Å². The molecule has 0 spiro atoms. The van der Waals surface area contributed by atoms with Gasteiger partial charge in [0.2, 0.25) is 17.7 Å². The van der Waals surface area contributed by atoms with Crippen molar-refractivity contribution in [2.45, 2.75) is 6.42 Å². The van der Waals surface area contributed by atoms with Crippen molar-refractivity contribution in [3.63, 3.8) is 0 Å². The number of anilines is 2. The molecule has 1 aromatic rings. The molecule has 9 heteroatoms. The molecule has 1 aliphatic heterocycles. The first-order chi connectivity index (χ1) is 8.49. The number of aromatic nitrogens is 2. The molecule has 4 N–H and O–H groups in total. The van der Waals surface area contributed by atoms with E-state index in [-0.39, 0.29) is 23.4 Å². The van der Waals surface area contributed by atoms with Crippen molar-refractivity contribution in [1.82, 2.24) is 9.97 Å². The van der Waals surface area contributed by atoms with Crippen molar-refractivity contribution in [2.75, 3.05) is 23.7 Å². The Labute approximate surface area is 102 Å². The summed E-state index contributed by atoms with van der Waals surface area (Å²) in [6.45, 7) is 0.789. The Bertz CT molecular complexity index is 505. The number of rotatable bonds is 3. The molecule has 0 saturated carbocycles. The van der Waals surface area contributed by atoms with Gasteiger partial charge >= 0.3 is 5.69 Å². The Morgan fingerprint density at radius 1 is 1.61 bits per heavy atom. The van der Waals surface area contributed by atoms with E-state index in [1.807, 2.05) is 0 Å². The van der Waals surface area contributed by atoms with E-state index in [9.17, 15) is 14.9 Å². The second kappa shape index (κ2) is 4.43. The van der Waals surface area contributed by atoms with Crippen LogP contribution >= 0.6 is 0 Å². The van der Waals surface area contributed by atoms with Gasteiger partial charge in [-0.15, -0.1) is 0 Å². The lowest BCUT2D eigenvalue weighted by Gasteiger charge is -2.16. The van der Waals surface area contributed by atoms with E-state index in [0.717, 1.165) is 6.20 Å². The normalized spacial score (nSPS) is 18.9. The Morgan fingerprint density at radius 3 is 2.89 bits per heavy atom. The monoisotopic (exact) mass is 252 g/mol. The molecule has 1 fully saturated rings. The van der Waals surface area contributed by atoms with Crippen LogP contribution < -0.4 is 16.4 Å². The molecule has 2 rings (SSSR count). The quantitative estimate of drug-likeness (QED) is 0.533. The molecular weight excluding hydrogens is 240 g/mol. The molecule has 2 heterocycles. The van der Waals surface area contributed by atoms with Gasteiger partial charge in [0.1, 0.15) is 6.20 Å². The Hall–Kier alpha value is -2.45. The average molecular weight is 252 g/mol. The van der Waals surface area contributed by atoms with Gasteiger partial charge < -0.3 is 16.4 Å². The van der Waals surface area contributed by atoms with Gasteiger partial charge in [-0.2, -0.15) is 4.98 Å². The second-order valence-corrected chi connectivity index (χ2v) is 4.03. The number of nitrogens with two attached hydrogens (primary N) is 2. The molecule has 18 heavy (non-hydrogen) atoms. The third-order valence-corrected chi connectivity index (χ3v) is 2.86. The zero-order valence-corrected chi connectivity index (χ0v) is 9.44. The SMILES string of the molecule is NC(=O)C1CCN(c2nc(N)ncc2[N+](=O)[O-])C1. The molecule has 96 valence electrons. The predicted molar refractivity (Wildman–Crippen MR) is 62.6 cm³/mol. The van der Waals surface area contributed by atoms with Crippen LogP contribution in [0.2, 0.25) is 0 Å². The zero-order valence-electron chi connectivity index (χ0n) is 9.44. The van der Waals surface area contributed by atoms with Gasteiger partial charge in [0.05, 0.1) is 10.8 Å². The fraction of sp³-hybridized carbons (Fsp3) is 0.444. The van der Waals surface area contributed by atoms with Crippen molar-refractivity contribution >= 4 is 23.4 Å². The molecule has 1 atom stereocenters. The molecule has 1 aliphatic rings. The summed E-state index contributed by atoms with van der Waals surface area (Å²) in [6.07, 6.45) is 1.62. The van der Waals surface area contributed by atoms with Crippen molar-refractivity contribution in [2.24, 2.45) is 11.7 Å². The predicted octanol–water partition coefficient (Wildman–Crippen LogP) is -0.721. The van der Waals surface area contributed by atoms with Crippen molar-refractivity contribution in [1.29, 1.82) is 0 Å². The number of carbonyl (C=O) groups is 1. The van der Waals surface area contributed by atoms with Gasteiger partial charge in [-0.05, 0) is 6.42 Å². The zero-order chi connectivity index (χ0) is 13.3. The largest absolute Gasteiger partial charge is 0.369 e. The summed E-state index contributed by atoms with van der Waals surface area (Å²) in [7, 11) is 0. The number of nitrogens with zero attached hydrogens (tertiary/aromatic N) is 4. The number of primary amides is 1. The lowest BCUT2D eigenvalue weighted by Crippen LogP contribution is -2.28. The van der Waals surface area contributed by atoms with Crippen LogP contribution in [0.25, 0.3) is 0 Å². The molecule has 1 saturated heterocycles. The Kier molecular flexibility index (Phi) is 2.96. The minimum absolute atomic E-state index is 0.0434. The van der Waals surface area contributed by atoms with Crippen molar-refractivity contribution < 1.29 is 9.72 Å². The van der Waals surface area contributed by atoms with Gasteiger partial charge in [0, 0.05) is 13.1 Å². The molecule has 0 bridgehead atoms. The van der Waals surface area contributed by atoms with Gasteiger partial charge in [-0.3, -0.25) is 14.9 Å². The van der Waals surface area contributed by atoms with E-state index >= 15 is 0 Å². The first-order valence-electron chi connectivity index (χ1n) is 5.30. The third kappa shape index (κ3) is 2.14. The highest BCUT2D eigenvalue weighted by Crippen LogP contribution is 2.29. The summed E-state index contributed by atoms with van der Waals surface area (Å²) in [4.78, 5) is 30.5. The average Bonchev–Trinajstić information content (AvgIpc) is 2.77. The van der Waals surface area contributed by atoms with Gasteiger partial charge in [0.25, 0.3) is 0 Å². The molecule has 0 aliphatic carbocycles. The maximum absolute atomic E-state index is 11.1. The van der Waals surface area contributed by atoms with Gasteiger partial charge in [-0.25, -0.2) is 4.98 Å². The van der Waals surface area contributed by atoms with Crippen LogP contribution in [0.4, 0.5) is 17.5 Å². The van der Waals surface area contributed by atoms with Gasteiger partial charge in [-0.1, -0.05) is 0 Å². The first kappa shape index (κ1) is 12.0. The van der Waals surface area contributed by atoms with Gasteiger partial charge in [0.15, 0.2) is 0 Å². The Balaban J connectivity index is 2.31. The minimum Gasteiger partial charge on any atom is -0.369 e. The van der Waals surface area contributed by atoms with Crippen LogP contribution in [0.5, 0.6) is 0 Å². The third-order valence-electron chi connectivity index (χ3n) is 2.86. The van der Waals surface area contributed by atoms with Crippen LogP contribution in [-0.4, -0.2) is 33.9 Å². The van der Waals surface area contributed by atoms with E-state index < -0.39 is 10.8 Å². The summed E-state index contributed by atoms with van der Waals surface area (Å²) in [6, 6.07) is 0. The van der Waals surface area contributed by atoms with E-state index in [1.54, 1.807) is 4.90 Å². The number of hydrogen-bond donors (Lipinski definition) is 2. The number of nitrogen functional groups attached to an aromatic ring is 1. The summed E-state index contributed by atoms with van der Waals surface area (Å²) in [5, 5.41) is 10.9. The van der Waals surface area contributed by atoms with E-state index in [0.29, 0.717) is 19.5 Å². The van der Waals surface area contributed by atoms with Crippen molar-refractivity contribution in [3.05, 3.63) is 16.3 Å². The topological polar surface area (TPSA) is 141 Å². The fourth-order valence-electron chi connectivity index (χ4n) is 1.93. The van der Waals surface area contributed by atoms with Crippen LogP contribution in [0.3, 0.4) is 0 Å². The lowest BCUT2D eigenvalue weighted by atomic mass is 10.1. The number of amides is 1. The van der Waals surface area contributed by atoms with Crippen LogP contribution in [0.1, 0.15) is 6.42 Å². The minimum atomic E-state index is -0.577. The fourth-order valence-corrected chi connectivity index (χ4v) is 1.93. The van der Waals surface area contributed by atoms with Crippen molar-refractivity contribution in [3.8, 4) is 0 Å². The number of nitro groups is 1. The number of hydrogen-bond acceptors (Lipinski definition) is 7. The highest BCUT2D eigenvalue weighted by Gasteiger charge is 2.31. The molecule has 1 unspecified atom stereocenters. The van der Waals surface area contributed by atoms with E-state index in [4.69, 9.17) is 11.5 Å². The second-order valence-electron chi connectivity index (χ2n) is 4.03. The van der Waals surface area contributed by atoms with Crippen LogP contribution in [0, 0.1) is 16.0 Å². The standard InChI is InChI=1S/C9H12N6O3/c10-7(16)5-1-2-14(4-5)8-6(15(17)18)3-12-9(11)13-8/h3,5H,1-2,4H2,(H2,10,16)(H2,11,12,13). The lowest BCUT2D eigenvalue weighted by molar-refractivity contribution is -0.384. The summed E-state index contributed by atoms with van der Waals surface area (Å²) >= 11 is 0. The highest BCUT2D eigenvalue weighted by molar-refractivity contribution is 5.78. The van der Waals surface area contributed by atoms with E-state index in [1.165, 1.54) is 0 Å². The van der Waals surface area contributed by atoms with E-state index in [2.05, 4.69) is 9.97 Å². The molecule has 0 aromatic carbocycles. The summed E-state index contributed by atoms with van der Waals surface area (Å²) in [5.74, 6) is -0.641. The Morgan fingerprint density at radius 2 is 2.33 bits per heavy atom. The number of carbonyl (C=O) groups excluding carboxylic acids is 1. The maximum atomic E-state index is 11.1.